The summed E-state index contributed by atoms with van der Waals surface area (Å²) in [7, 11) is -7.20. The molecule has 0 fully saturated rings. The zero-order valence-electron chi connectivity index (χ0n) is 11.7. The first-order chi connectivity index (χ1) is 10.4. The highest BCUT2D eigenvalue weighted by Gasteiger charge is 2.40. The molecule has 116 valence electrons. The van der Waals surface area contributed by atoms with Crippen LogP contribution >= 0.6 is 0 Å². The number of benzene rings is 2. The minimum Gasteiger partial charge on any atom is -0.220 e. The van der Waals surface area contributed by atoms with Gasteiger partial charge in [-0.15, -0.1) is 0 Å². The number of sulfone groups is 2. The number of nitrogens with zero attached hydrogens (tertiary/aromatic N) is 2. The molecule has 6 nitrogen and oxygen atoms in total. The number of hydrogen-bond acceptors (Lipinski definition) is 6. The van der Waals surface area contributed by atoms with E-state index in [9.17, 15) is 16.8 Å². The molecule has 22 heavy (non-hydrogen) atoms. The summed E-state index contributed by atoms with van der Waals surface area (Å²) in [6.45, 7) is 0. The maximum absolute atomic E-state index is 12.6. The third-order valence-corrected chi connectivity index (χ3v) is 7.51. The van der Waals surface area contributed by atoms with Gasteiger partial charge in [0.25, 0.3) is 4.71 Å². The van der Waals surface area contributed by atoms with E-state index in [1.54, 1.807) is 12.1 Å². The second-order valence-corrected chi connectivity index (χ2v) is 8.65. The smallest absolute Gasteiger partial charge is 0.220 e. The molecule has 0 radical (unpaired) electrons. The van der Waals surface area contributed by atoms with Gasteiger partial charge in [-0.3, -0.25) is 0 Å². The number of hydrogen-bond donors (Lipinski definition) is 0. The van der Waals surface area contributed by atoms with Gasteiger partial charge in [-0.2, -0.15) is 10.2 Å². The fourth-order valence-corrected chi connectivity index (χ4v) is 5.81. The van der Waals surface area contributed by atoms with Crippen LogP contribution in [0.25, 0.3) is 0 Å². The molecule has 0 heterocycles. The topological polar surface area (TPSA) is 93.0 Å². The lowest BCUT2D eigenvalue weighted by Gasteiger charge is -2.13. The maximum atomic E-state index is 12.6. The molecule has 2 rings (SSSR count). The highest BCUT2D eigenvalue weighted by atomic mass is 32.3. The Labute approximate surface area is 129 Å². The molecule has 0 spiro atoms. The molecule has 2 aromatic carbocycles. The van der Waals surface area contributed by atoms with Gasteiger partial charge in [-0.05, 0) is 24.3 Å². The molecule has 0 bridgehead atoms. The van der Waals surface area contributed by atoms with Gasteiger partial charge < -0.3 is 0 Å². The van der Waals surface area contributed by atoms with Gasteiger partial charge in [0.2, 0.25) is 19.7 Å². The number of azo groups is 1. The van der Waals surface area contributed by atoms with Crippen LogP contribution in [0.15, 0.2) is 80.7 Å². The summed E-state index contributed by atoms with van der Waals surface area (Å²) in [6.07, 6.45) is 0. The van der Waals surface area contributed by atoms with E-state index >= 15 is 0 Å². The Morgan fingerprint density at radius 1 is 0.727 bits per heavy atom. The van der Waals surface area contributed by atoms with Crippen LogP contribution in [0.2, 0.25) is 0 Å². The van der Waals surface area contributed by atoms with E-state index in [4.69, 9.17) is 0 Å². The molecule has 0 aliphatic carbocycles. The van der Waals surface area contributed by atoms with Crippen LogP contribution in [0.5, 0.6) is 0 Å². The predicted octanol–water partition coefficient (Wildman–Crippen LogP) is 2.30. The van der Waals surface area contributed by atoms with Crippen LogP contribution < -0.4 is 0 Å². The van der Waals surface area contributed by atoms with Crippen LogP contribution in [0, 0.1) is 0 Å². The quantitative estimate of drug-likeness (QED) is 0.782. The van der Waals surface area contributed by atoms with Crippen LogP contribution in [0.4, 0.5) is 0 Å². The SMILES string of the molecule is CN=NC(S(=O)(=O)c1ccccc1)S(=O)(=O)c1ccccc1. The third kappa shape index (κ3) is 3.07. The second-order valence-electron chi connectivity index (χ2n) is 4.34. The van der Waals surface area contributed by atoms with E-state index in [0.717, 1.165) is 0 Å². The van der Waals surface area contributed by atoms with Crippen molar-refractivity contribution < 1.29 is 16.8 Å². The van der Waals surface area contributed by atoms with Gasteiger partial charge in [0.1, 0.15) is 0 Å². The summed E-state index contributed by atoms with van der Waals surface area (Å²) in [5.41, 5.74) is 0. The monoisotopic (exact) mass is 338 g/mol. The first kappa shape index (κ1) is 16.3. The fourth-order valence-electron chi connectivity index (χ4n) is 1.84. The molecule has 0 saturated heterocycles. The highest BCUT2D eigenvalue weighted by molar-refractivity contribution is 8.09. The van der Waals surface area contributed by atoms with E-state index < -0.39 is 24.4 Å². The van der Waals surface area contributed by atoms with E-state index in [1.807, 2.05) is 0 Å². The first-order valence-corrected chi connectivity index (χ1v) is 9.37. The van der Waals surface area contributed by atoms with Crippen LogP contribution in [-0.4, -0.2) is 28.6 Å². The van der Waals surface area contributed by atoms with Crippen molar-refractivity contribution in [3.63, 3.8) is 0 Å². The zero-order chi connectivity index (χ0) is 16.2. The van der Waals surface area contributed by atoms with E-state index in [-0.39, 0.29) is 9.79 Å². The molecule has 2 aromatic rings. The summed E-state index contributed by atoms with van der Waals surface area (Å²) < 4.78 is 48.4. The standard InChI is InChI=1S/C14H14N2O4S2/c1-15-16-14(21(17,18)12-8-4-2-5-9-12)22(19,20)13-10-6-3-7-11-13/h2-11,14H,1H3. The fraction of sp³-hybridized carbons (Fsp3) is 0.143. The Hall–Kier alpha value is -2.06. The van der Waals surface area contributed by atoms with Crippen molar-refractivity contribution in [2.45, 2.75) is 14.5 Å². The van der Waals surface area contributed by atoms with Gasteiger partial charge in [-0.25, -0.2) is 16.8 Å². The molecule has 8 heteroatoms. The maximum Gasteiger partial charge on any atom is 0.280 e. The molecule has 0 aromatic heterocycles. The van der Waals surface area contributed by atoms with Gasteiger partial charge in [0, 0.05) is 7.05 Å². The van der Waals surface area contributed by atoms with Crippen molar-refractivity contribution >= 4 is 19.7 Å². The summed E-state index contributed by atoms with van der Waals surface area (Å²) >= 11 is 0. The zero-order valence-corrected chi connectivity index (χ0v) is 13.3. The molecule has 0 saturated carbocycles. The Morgan fingerprint density at radius 3 is 1.41 bits per heavy atom. The van der Waals surface area contributed by atoms with Crippen molar-refractivity contribution in [2.75, 3.05) is 7.05 Å². The largest absolute Gasteiger partial charge is 0.280 e. The van der Waals surface area contributed by atoms with Crippen molar-refractivity contribution in [3.05, 3.63) is 60.7 Å². The highest BCUT2D eigenvalue weighted by Crippen LogP contribution is 2.26. The molecule has 0 N–H and O–H groups in total. The summed E-state index contributed by atoms with van der Waals surface area (Å²) in [4.78, 5) is -0.237. The Balaban J connectivity index is 2.62. The molecule has 0 atom stereocenters. The van der Waals surface area contributed by atoms with Crippen LogP contribution in [-0.2, 0) is 19.7 Å². The minimum absolute atomic E-state index is 0.119. The second kappa shape index (κ2) is 6.37. The molecule has 0 aliphatic rings. The van der Waals surface area contributed by atoms with E-state index in [2.05, 4.69) is 10.2 Å². The normalized spacial score (nSPS) is 12.8. The van der Waals surface area contributed by atoms with Crippen molar-refractivity contribution in [2.24, 2.45) is 10.2 Å². The average Bonchev–Trinajstić information content (AvgIpc) is 2.54. The molecule has 0 amide bonds. The van der Waals surface area contributed by atoms with E-state index in [1.165, 1.54) is 55.6 Å². The van der Waals surface area contributed by atoms with Gasteiger partial charge in [-0.1, -0.05) is 36.4 Å². The lowest BCUT2D eigenvalue weighted by atomic mass is 10.4. The van der Waals surface area contributed by atoms with Crippen molar-refractivity contribution in [3.8, 4) is 0 Å². The first-order valence-electron chi connectivity index (χ1n) is 6.27. The van der Waals surface area contributed by atoms with Gasteiger partial charge in [0.15, 0.2) is 0 Å². The lowest BCUT2D eigenvalue weighted by molar-refractivity contribution is 0.573. The third-order valence-electron chi connectivity index (χ3n) is 2.88. The van der Waals surface area contributed by atoms with Gasteiger partial charge >= 0.3 is 0 Å². The number of rotatable bonds is 5. The summed E-state index contributed by atoms with van der Waals surface area (Å²) in [6, 6.07) is 14.7. The van der Waals surface area contributed by atoms with Crippen LogP contribution in [0.3, 0.4) is 0 Å². The molecular formula is C14H14N2O4S2. The Morgan fingerprint density at radius 2 is 1.09 bits per heavy atom. The molecule has 0 aliphatic heterocycles. The van der Waals surface area contributed by atoms with Crippen molar-refractivity contribution in [1.29, 1.82) is 0 Å². The van der Waals surface area contributed by atoms with Crippen LogP contribution in [0.1, 0.15) is 0 Å². The molecule has 0 unspecified atom stereocenters. The van der Waals surface area contributed by atoms with Gasteiger partial charge in [0.05, 0.1) is 9.79 Å². The average molecular weight is 338 g/mol. The molecular weight excluding hydrogens is 324 g/mol. The Kier molecular flexibility index (Phi) is 4.72. The lowest BCUT2D eigenvalue weighted by Crippen LogP contribution is -2.28. The minimum atomic E-state index is -4.22. The summed E-state index contributed by atoms with van der Waals surface area (Å²) in [5.74, 6) is 0. The van der Waals surface area contributed by atoms with E-state index in [0.29, 0.717) is 0 Å². The predicted molar refractivity (Wildman–Crippen MR) is 81.8 cm³/mol. The summed E-state index contributed by atoms with van der Waals surface area (Å²) in [5, 5.41) is 6.86. The Bertz CT molecular complexity index is 792. The van der Waals surface area contributed by atoms with Crippen molar-refractivity contribution in [1.82, 2.24) is 0 Å².